The van der Waals surface area contributed by atoms with Crippen LogP contribution in [0.5, 0.6) is 0 Å². The number of fused-ring (bicyclic) bond motifs is 1. The van der Waals surface area contributed by atoms with E-state index in [0.717, 1.165) is 11.7 Å². The Balaban J connectivity index is 2.26. The highest BCUT2D eigenvalue weighted by atomic mass is 16.5. The van der Waals surface area contributed by atoms with Gasteiger partial charge in [-0.15, -0.1) is 0 Å². The topological polar surface area (TPSA) is 26.3 Å². The quantitative estimate of drug-likeness (QED) is 0.684. The van der Waals surface area contributed by atoms with E-state index in [2.05, 4.69) is 20.8 Å². The van der Waals surface area contributed by atoms with Crippen molar-refractivity contribution in [2.45, 2.75) is 46.6 Å². The van der Waals surface area contributed by atoms with Crippen LogP contribution in [-0.2, 0) is 9.53 Å². The maximum atomic E-state index is 11.0. The molecule has 1 saturated carbocycles. The Bertz CT molecular complexity index is 378. The molecule has 0 radical (unpaired) electrons. The van der Waals surface area contributed by atoms with Gasteiger partial charge >= 0.3 is 0 Å². The van der Waals surface area contributed by atoms with Crippen molar-refractivity contribution in [3.05, 3.63) is 23.5 Å². The lowest BCUT2D eigenvalue weighted by molar-refractivity contribution is -0.112. The summed E-state index contributed by atoms with van der Waals surface area (Å²) >= 11 is 0. The van der Waals surface area contributed by atoms with E-state index in [9.17, 15) is 4.79 Å². The predicted octanol–water partition coefficient (Wildman–Crippen LogP) is 3.49. The third-order valence-electron chi connectivity index (χ3n) is 4.32. The summed E-state index contributed by atoms with van der Waals surface area (Å²) in [4.78, 5) is 11.0. The van der Waals surface area contributed by atoms with Gasteiger partial charge in [0.25, 0.3) is 0 Å². The molecule has 0 unspecified atom stereocenters. The zero-order valence-corrected chi connectivity index (χ0v) is 11.2. The van der Waals surface area contributed by atoms with Gasteiger partial charge in [-0.3, -0.25) is 4.79 Å². The Morgan fingerprint density at radius 3 is 2.71 bits per heavy atom. The number of carbonyl (C=O) groups is 1. The molecule has 1 aliphatic heterocycles. The molecule has 0 saturated heterocycles. The maximum Gasteiger partial charge on any atom is 0.152 e. The van der Waals surface area contributed by atoms with Crippen LogP contribution in [-0.4, -0.2) is 11.9 Å². The first-order chi connectivity index (χ1) is 8.00. The van der Waals surface area contributed by atoms with E-state index in [4.69, 9.17) is 4.74 Å². The van der Waals surface area contributed by atoms with Crippen molar-refractivity contribution in [1.82, 2.24) is 0 Å². The summed E-state index contributed by atoms with van der Waals surface area (Å²) in [5.41, 5.74) is 1.33. The monoisotopic (exact) mass is 234 g/mol. The van der Waals surface area contributed by atoms with Crippen LogP contribution in [0.4, 0.5) is 0 Å². The first-order valence-corrected chi connectivity index (χ1v) is 6.56. The summed E-state index contributed by atoms with van der Waals surface area (Å²) in [6, 6.07) is 0. The van der Waals surface area contributed by atoms with Crippen molar-refractivity contribution in [3.63, 3.8) is 0 Å². The average molecular weight is 234 g/mol. The number of allylic oxidation sites excluding steroid dienone is 3. The van der Waals surface area contributed by atoms with Gasteiger partial charge in [0.1, 0.15) is 5.76 Å². The number of ether oxygens (including phenoxy) is 1. The van der Waals surface area contributed by atoms with E-state index in [1.165, 1.54) is 18.4 Å². The molecule has 2 nitrogen and oxygen atoms in total. The Morgan fingerprint density at radius 1 is 1.35 bits per heavy atom. The second-order valence-electron chi connectivity index (χ2n) is 5.55. The average Bonchev–Trinajstić information content (AvgIpc) is 2.64. The molecular formula is C15H22O2. The van der Waals surface area contributed by atoms with E-state index >= 15 is 0 Å². The van der Waals surface area contributed by atoms with Crippen LogP contribution in [0.1, 0.15) is 40.5 Å². The zero-order chi connectivity index (χ0) is 12.6. The van der Waals surface area contributed by atoms with Crippen molar-refractivity contribution >= 4 is 5.78 Å². The Morgan fingerprint density at radius 2 is 2.06 bits per heavy atom. The molecule has 17 heavy (non-hydrogen) atoms. The summed E-state index contributed by atoms with van der Waals surface area (Å²) in [5, 5.41) is 0. The third kappa shape index (κ3) is 2.31. The standard InChI is InChI=1S/C15H22O2/c1-9-5-7-13-11(3)14(8-6-10(2)16)17-12(4)15(9)13/h6,8-9,12-13,15H,5,7H2,1-4H3/b8-6+/t9-,12-,13+,15-/m0/s1. The number of ketones is 1. The minimum absolute atomic E-state index is 0.0727. The minimum atomic E-state index is 0.0727. The van der Waals surface area contributed by atoms with Gasteiger partial charge in [-0.2, -0.15) is 0 Å². The second kappa shape index (κ2) is 4.67. The molecule has 4 atom stereocenters. The van der Waals surface area contributed by atoms with Crippen LogP contribution in [0.3, 0.4) is 0 Å². The molecule has 2 heteroatoms. The molecule has 0 spiro atoms. The summed E-state index contributed by atoms with van der Waals surface area (Å²) in [6.07, 6.45) is 6.28. The van der Waals surface area contributed by atoms with Crippen molar-refractivity contribution < 1.29 is 9.53 Å². The second-order valence-corrected chi connectivity index (χ2v) is 5.55. The predicted molar refractivity (Wildman–Crippen MR) is 68.4 cm³/mol. The summed E-state index contributed by atoms with van der Waals surface area (Å²) in [6.45, 7) is 8.21. The highest BCUT2D eigenvalue weighted by Gasteiger charge is 2.42. The van der Waals surface area contributed by atoms with Gasteiger partial charge in [-0.05, 0) is 63.2 Å². The lowest BCUT2D eigenvalue weighted by Gasteiger charge is -2.36. The van der Waals surface area contributed by atoms with Gasteiger partial charge in [0, 0.05) is 5.92 Å². The van der Waals surface area contributed by atoms with Crippen molar-refractivity contribution in [2.75, 3.05) is 0 Å². The van der Waals surface area contributed by atoms with Gasteiger partial charge in [-0.1, -0.05) is 6.92 Å². The molecule has 1 heterocycles. The van der Waals surface area contributed by atoms with Crippen LogP contribution >= 0.6 is 0 Å². The molecular weight excluding hydrogens is 212 g/mol. The smallest absolute Gasteiger partial charge is 0.152 e. The fourth-order valence-corrected chi connectivity index (χ4v) is 3.44. The van der Waals surface area contributed by atoms with Gasteiger partial charge in [0.15, 0.2) is 5.78 Å². The molecule has 0 amide bonds. The van der Waals surface area contributed by atoms with E-state index in [1.807, 2.05) is 6.08 Å². The summed E-state index contributed by atoms with van der Waals surface area (Å²) in [7, 11) is 0. The van der Waals surface area contributed by atoms with E-state index in [-0.39, 0.29) is 11.9 Å². The molecule has 1 aliphatic carbocycles. The van der Waals surface area contributed by atoms with Crippen LogP contribution in [0.15, 0.2) is 23.5 Å². The lowest BCUT2D eigenvalue weighted by atomic mass is 9.80. The summed E-state index contributed by atoms with van der Waals surface area (Å²) < 4.78 is 5.97. The van der Waals surface area contributed by atoms with Crippen LogP contribution in [0.25, 0.3) is 0 Å². The van der Waals surface area contributed by atoms with Crippen LogP contribution < -0.4 is 0 Å². The molecule has 0 N–H and O–H groups in total. The Kier molecular flexibility index (Phi) is 3.41. The van der Waals surface area contributed by atoms with Crippen molar-refractivity contribution in [2.24, 2.45) is 17.8 Å². The highest BCUT2D eigenvalue weighted by molar-refractivity contribution is 5.87. The Labute approximate surface area is 104 Å². The molecule has 0 aromatic heterocycles. The van der Waals surface area contributed by atoms with Crippen LogP contribution in [0.2, 0.25) is 0 Å². The van der Waals surface area contributed by atoms with Gasteiger partial charge < -0.3 is 4.74 Å². The SMILES string of the molecule is CC(=O)/C=C/C1=C(C)[C@H]2CC[C@H](C)[C@H]2[C@H](C)O1. The first kappa shape index (κ1) is 12.4. The largest absolute Gasteiger partial charge is 0.490 e. The van der Waals surface area contributed by atoms with E-state index in [0.29, 0.717) is 11.8 Å². The Hall–Kier alpha value is -1.05. The molecule has 0 bridgehead atoms. The van der Waals surface area contributed by atoms with Crippen molar-refractivity contribution in [1.29, 1.82) is 0 Å². The third-order valence-corrected chi connectivity index (χ3v) is 4.32. The maximum absolute atomic E-state index is 11.0. The van der Waals surface area contributed by atoms with Crippen LogP contribution in [0, 0.1) is 17.8 Å². The molecule has 2 rings (SSSR count). The van der Waals surface area contributed by atoms with Crippen molar-refractivity contribution in [3.8, 4) is 0 Å². The fraction of sp³-hybridized carbons (Fsp3) is 0.667. The molecule has 1 fully saturated rings. The fourth-order valence-electron chi connectivity index (χ4n) is 3.44. The molecule has 2 aliphatic rings. The summed E-state index contributed by atoms with van der Waals surface area (Å²) in [5.74, 6) is 3.06. The number of rotatable bonds is 2. The van der Waals surface area contributed by atoms with Gasteiger partial charge in [0.2, 0.25) is 0 Å². The number of hydrogen-bond acceptors (Lipinski definition) is 2. The highest BCUT2D eigenvalue weighted by Crippen LogP contribution is 2.47. The zero-order valence-electron chi connectivity index (χ0n) is 11.2. The lowest BCUT2D eigenvalue weighted by Crippen LogP contribution is -2.33. The first-order valence-electron chi connectivity index (χ1n) is 6.56. The molecule has 94 valence electrons. The van der Waals surface area contributed by atoms with E-state index in [1.54, 1.807) is 13.0 Å². The molecule has 0 aromatic carbocycles. The van der Waals surface area contributed by atoms with E-state index < -0.39 is 0 Å². The minimum Gasteiger partial charge on any atom is -0.490 e. The number of carbonyl (C=O) groups excluding carboxylic acids is 1. The normalized spacial score (nSPS) is 37.2. The van der Waals surface area contributed by atoms with Gasteiger partial charge in [0.05, 0.1) is 6.10 Å². The molecule has 0 aromatic rings. The van der Waals surface area contributed by atoms with Gasteiger partial charge in [-0.25, -0.2) is 0 Å². The number of hydrogen-bond donors (Lipinski definition) is 0.